The van der Waals surface area contributed by atoms with Gasteiger partial charge in [-0.3, -0.25) is 0 Å². The van der Waals surface area contributed by atoms with Crippen LogP contribution in [0.2, 0.25) is 0 Å². The number of nitrogens with zero attached hydrogens (tertiary/aromatic N) is 1. The minimum Gasteiger partial charge on any atom is -0.310 e. The molecule has 0 heterocycles. The number of para-hydroxylation sites is 1. The Morgan fingerprint density at radius 3 is 1.63 bits per heavy atom. The van der Waals surface area contributed by atoms with Crippen LogP contribution in [-0.2, 0) is 17.3 Å². The topological polar surface area (TPSA) is 3.24 Å². The molecule has 4 aliphatic carbocycles. The van der Waals surface area contributed by atoms with Gasteiger partial charge in [-0.05, 0) is 127 Å². The van der Waals surface area contributed by atoms with Crippen LogP contribution in [0.3, 0.4) is 0 Å². The van der Waals surface area contributed by atoms with E-state index in [1.807, 2.05) is 0 Å². The Bertz CT molecular complexity index is 3710. The third-order valence-corrected chi connectivity index (χ3v) is 16.6. The van der Waals surface area contributed by atoms with Gasteiger partial charge in [0.2, 0.25) is 0 Å². The molecule has 1 nitrogen and oxygen atoms in total. The van der Waals surface area contributed by atoms with Crippen LogP contribution in [0.1, 0.15) is 73.5 Å². The first-order valence-electron chi connectivity index (χ1n) is 26.0. The lowest BCUT2D eigenvalue weighted by molar-refractivity contribution is 0.455. The van der Waals surface area contributed by atoms with Gasteiger partial charge in [0.15, 0.2) is 0 Å². The Labute approximate surface area is 429 Å². The maximum absolute atomic E-state index is 2.67. The van der Waals surface area contributed by atoms with Gasteiger partial charge in [-0.1, -0.05) is 255 Å². The molecule has 0 fully saturated rings. The summed E-state index contributed by atoms with van der Waals surface area (Å²) in [5.41, 5.74) is 23.7. The summed E-state index contributed by atoms with van der Waals surface area (Å²) < 4.78 is 0. The molecule has 2 unspecified atom stereocenters. The Morgan fingerprint density at radius 1 is 0.411 bits per heavy atom. The van der Waals surface area contributed by atoms with Crippen LogP contribution in [0.4, 0.5) is 17.1 Å². The number of fused-ring (bicyclic) bond motifs is 7. The smallest absolute Gasteiger partial charge is 0.0714 e. The third-order valence-electron chi connectivity index (χ3n) is 16.6. The van der Waals surface area contributed by atoms with Crippen LogP contribution in [0.25, 0.3) is 22.3 Å². The lowest BCUT2D eigenvalue weighted by Crippen LogP contribution is -2.35. The predicted molar refractivity (Wildman–Crippen MR) is 303 cm³/mol. The van der Waals surface area contributed by atoms with E-state index in [-0.39, 0.29) is 17.3 Å². The number of anilines is 3. The molecule has 0 N–H and O–H groups in total. The summed E-state index contributed by atoms with van der Waals surface area (Å²) >= 11 is 0. The quantitative estimate of drug-likeness (QED) is 0.139. The molecule has 4 aliphatic rings. The summed E-state index contributed by atoms with van der Waals surface area (Å²) in [7, 11) is 0. The first kappa shape index (κ1) is 43.0. The van der Waals surface area contributed by atoms with Gasteiger partial charge >= 0.3 is 0 Å². The van der Waals surface area contributed by atoms with E-state index in [1.165, 1.54) is 89.0 Å². The van der Waals surface area contributed by atoms with Gasteiger partial charge in [-0.2, -0.15) is 0 Å². The summed E-state index contributed by atoms with van der Waals surface area (Å²) in [6, 6.07) is 99.7. The number of aryl methyl sites for hydroxylation is 1. The minimum atomic E-state index is -0.511. The molecule has 0 spiro atoms. The summed E-state index contributed by atoms with van der Waals surface area (Å²) in [4.78, 5) is 2.51. The van der Waals surface area contributed by atoms with Crippen molar-refractivity contribution in [1.82, 2.24) is 0 Å². The molecule has 0 radical (unpaired) electrons. The van der Waals surface area contributed by atoms with Gasteiger partial charge in [0.25, 0.3) is 0 Å². The zero-order valence-electron chi connectivity index (χ0n) is 40.7. The van der Waals surface area contributed by atoms with E-state index in [9.17, 15) is 0 Å². The molecule has 1 heteroatoms. The minimum absolute atomic E-state index is 0.152. The molecule has 73 heavy (non-hydrogen) atoms. The average Bonchev–Trinajstić information content (AvgIpc) is 3.98. The first-order chi connectivity index (χ1) is 36.2. The van der Waals surface area contributed by atoms with E-state index in [0.717, 1.165) is 29.9 Å². The van der Waals surface area contributed by atoms with Crippen molar-refractivity contribution in [3.63, 3.8) is 0 Å². The van der Waals surface area contributed by atoms with E-state index >= 15 is 0 Å². The molecule has 10 aromatic rings. The van der Waals surface area contributed by atoms with Gasteiger partial charge in [-0.15, -0.1) is 0 Å². The third kappa shape index (κ3) is 6.55. The van der Waals surface area contributed by atoms with Gasteiger partial charge in [0, 0.05) is 28.8 Å². The summed E-state index contributed by atoms with van der Waals surface area (Å²) in [6.45, 7) is 0. The molecule has 0 aromatic heterocycles. The fourth-order valence-corrected chi connectivity index (χ4v) is 13.8. The lowest BCUT2D eigenvalue weighted by Gasteiger charge is -2.40. The van der Waals surface area contributed by atoms with Crippen molar-refractivity contribution >= 4 is 28.2 Å². The van der Waals surface area contributed by atoms with Gasteiger partial charge in [0.05, 0.1) is 16.5 Å². The van der Waals surface area contributed by atoms with E-state index in [1.54, 1.807) is 0 Å². The van der Waals surface area contributed by atoms with Crippen LogP contribution in [0, 0.1) is 5.92 Å². The number of rotatable bonds is 9. The maximum atomic E-state index is 2.67. The number of hydrogen-bond donors (Lipinski definition) is 0. The molecule has 2 atom stereocenters. The largest absolute Gasteiger partial charge is 0.310 e. The highest BCUT2D eigenvalue weighted by molar-refractivity contribution is 6.03. The normalized spacial score (nSPS) is 17.4. The molecular formula is C72H53N. The van der Waals surface area contributed by atoms with Gasteiger partial charge in [-0.25, -0.2) is 0 Å². The van der Waals surface area contributed by atoms with Crippen LogP contribution in [0.15, 0.2) is 291 Å². The van der Waals surface area contributed by atoms with Crippen LogP contribution in [0.5, 0.6) is 0 Å². The zero-order valence-corrected chi connectivity index (χ0v) is 40.7. The van der Waals surface area contributed by atoms with Crippen molar-refractivity contribution in [2.45, 2.75) is 29.6 Å². The second-order valence-electron chi connectivity index (χ2n) is 20.1. The number of allylic oxidation sites excluding steroid dienone is 6. The molecule has 0 bridgehead atoms. The predicted octanol–water partition coefficient (Wildman–Crippen LogP) is 17.6. The zero-order chi connectivity index (χ0) is 48.3. The second-order valence-corrected chi connectivity index (χ2v) is 20.1. The van der Waals surface area contributed by atoms with Crippen molar-refractivity contribution in [2.24, 2.45) is 5.92 Å². The van der Waals surface area contributed by atoms with E-state index in [0.29, 0.717) is 0 Å². The van der Waals surface area contributed by atoms with E-state index in [2.05, 4.69) is 290 Å². The summed E-state index contributed by atoms with van der Waals surface area (Å²) in [6.07, 6.45) is 9.57. The average molecular weight is 932 g/mol. The Balaban J connectivity index is 0.977. The van der Waals surface area contributed by atoms with Crippen molar-refractivity contribution in [3.05, 3.63) is 352 Å². The highest BCUT2D eigenvalue weighted by atomic mass is 15.1. The fraction of sp³-hybridized carbons (Fsp3) is 0.0833. The maximum Gasteiger partial charge on any atom is 0.0714 e. The second kappa shape index (κ2) is 17.5. The van der Waals surface area contributed by atoms with Gasteiger partial charge < -0.3 is 4.90 Å². The summed E-state index contributed by atoms with van der Waals surface area (Å²) in [5.74, 6) is 0.380. The van der Waals surface area contributed by atoms with Gasteiger partial charge in [0.1, 0.15) is 0 Å². The standard InChI is InChI=1S/C72H53N/c1-6-26-53(27-7-1)71(54-28-8-2-9-29-54)65-41-21-19-39-63(65)70-66(71)42-23-43-68(70)73(57-34-14-5-15-35-57)58-36-22-25-51(48-58)60-46-44-50-24-16-17-37-59(50)69(60)52-45-47-62-61-38-18-20-40-64(61)72(67(62)49-52,55-30-10-3-11-31-55)56-32-12-4-13-33-56/h1-43,45,47-49,62,67H,44,46H2. The molecule has 346 valence electrons. The van der Waals surface area contributed by atoms with E-state index < -0.39 is 5.41 Å². The van der Waals surface area contributed by atoms with Crippen molar-refractivity contribution in [3.8, 4) is 11.1 Å². The molecule has 14 rings (SSSR count). The SMILES string of the molecule is C1=CC2c3ccccc3C(c3ccccc3)(c3ccccc3)C2C=C1C1=C(c2cccc(N(c3ccccc3)c3cccc4c3-c3ccccc3C4(c3ccccc3)c3ccccc3)c2)CCc2ccccc21. The Kier molecular flexibility index (Phi) is 10.3. The number of benzene rings is 10. The summed E-state index contributed by atoms with van der Waals surface area (Å²) in [5, 5.41) is 0. The van der Waals surface area contributed by atoms with E-state index in [4.69, 9.17) is 0 Å². The molecule has 0 aliphatic heterocycles. The Morgan fingerprint density at radius 2 is 0.945 bits per heavy atom. The molecule has 0 amide bonds. The monoisotopic (exact) mass is 931 g/mol. The van der Waals surface area contributed by atoms with Crippen molar-refractivity contribution in [1.29, 1.82) is 0 Å². The van der Waals surface area contributed by atoms with Crippen LogP contribution in [-0.4, -0.2) is 0 Å². The lowest BCUT2D eigenvalue weighted by atomic mass is 9.62. The highest BCUT2D eigenvalue weighted by Crippen LogP contribution is 2.62. The van der Waals surface area contributed by atoms with Crippen molar-refractivity contribution < 1.29 is 0 Å². The van der Waals surface area contributed by atoms with Crippen LogP contribution < -0.4 is 4.90 Å². The molecule has 0 saturated heterocycles. The number of hydrogen-bond acceptors (Lipinski definition) is 1. The highest BCUT2D eigenvalue weighted by Gasteiger charge is 2.53. The molecule has 10 aromatic carbocycles. The Hall–Kier alpha value is -8.78. The van der Waals surface area contributed by atoms with Crippen LogP contribution >= 0.6 is 0 Å². The van der Waals surface area contributed by atoms with Crippen molar-refractivity contribution in [2.75, 3.05) is 4.90 Å². The molecule has 0 saturated carbocycles. The first-order valence-corrected chi connectivity index (χ1v) is 26.0. The fourth-order valence-electron chi connectivity index (χ4n) is 13.8. The molecular weight excluding hydrogens is 879 g/mol.